The predicted molar refractivity (Wildman–Crippen MR) is 99.1 cm³/mol. The standard InChI is InChI=1S/C19H15ClN2O3S/c20-15-6-7-18-13(9-15)3-1-5-17-14(12-23)11-22(19(17)18)26(24,25)16-4-2-8-21-10-16/h2,4,6-12H,1,3,5H2. The van der Waals surface area contributed by atoms with Crippen molar-refractivity contribution in [3.63, 3.8) is 0 Å². The first-order valence-electron chi connectivity index (χ1n) is 8.16. The number of fused-ring (bicyclic) bond motifs is 3. The van der Waals surface area contributed by atoms with E-state index in [1.165, 1.54) is 28.6 Å². The molecule has 0 saturated carbocycles. The Bertz CT molecular complexity index is 1110. The highest BCUT2D eigenvalue weighted by Gasteiger charge is 2.28. The number of aryl methyl sites for hydroxylation is 1. The van der Waals surface area contributed by atoms with Gasteiger partial charge in [-0.25, -0.2) is 12.4 Å². The molecule has 0 amide bonds. The molecule has 0 atom stereocenters. The van der Waals surface area contributed by atoms with E-state index in [4.69, 9.17) is 11.6 Å². The molecule has 1 aromatic carbocycles. The third kappa shape index (κ3) is 2.66. The number of pyridine rings is 1. The summed E-state index contributed by atoms with van der Waals surface area (Å²) in [6.07, 6.45) is 7.17. The van der Waals surface area contributed by atoms with Crippen LogP contribution in [-0.4, -0.2) is 23.7 Å². The summed E-state index contributed by atoms with van der Waals surface area (Å²) in [5.41, 5.74) is 3.47. The van der Waals surface area contributed by atoms with Gasteiger partial charge in [-0.15, -0.1) is 0 Å². The Hall–Kier alpha value is -2.44. The molecule has 2 aromatic heterocycles. The molecule has 0 radical (unpaired) electrons. The van der Waals surface area contributed by atoms with Gasteiger partial charge >= 0.3 is 0 Å². The highest BCUT2D eigenvalue weighted by Crippen LogP contribution is 2.38. The zero-order valence-electron chi connectivity index (χ0n) is 13.7. The summed E-state index contributed by atoms with van der Waals surface area (Å²) in [6, 6.07) is 8.49. The summed E-state index contributed by atoms with van der Waals surface area (Å²) >= 11 is 6.13. The predicted octanol–water partition coefficient (Wildman–Crippen LogP) is 3.74. The maximum absolute atomic E-state index is 13.2. The molecular weight excluding hydrogens is 372 g/mol. The summed E-state index contributed by atoms with van der Waals surface area (Å²) in [7, 11) is -3.88. The fourth-order valence-electron chi connectivity index (χ4n) is 3.44. The number of aldehydes is 1. The number of hydrogen-bond acceptors (Lipinski definition) is 4. The van der Waals surface area contributed by atoms with Crippen molar-refractivity contribution in [1.29, 1.82) is 0 Å². The number of carbonyl (C=O) groups excluding carboxylic acids is 1. The van der Waals surface area contributed by atoms with Crippen LogP contribution < -0.4 is 0 Å². The lowest BCUT2D eigenvalue weighted by molar-refractivity contribution is 0.112. The van der Waals surface area contributed by atoms with Crippen LogP contribution >= 0.6 is 11.6 Å². The largest absolute Gasteiger partial charge is 0.298 e. The van der Waals surface area contributed by atoms with E-state index in [0.29, 0.717) is 22.7 Å². The highest BCUT2D eigenvalue weighted by molar-refractivity contribution is 7.90. The lowest BCUT2D eigenvalue weighted by Gasteiger charge is -2.13. The van der Waals surface area contributed by atoms with E-state index in [2.05, 4.69) is 4.98 Å². The molecule has 0 fully saturated rings. The molecule has 2 heterocycles. The first-order valence-corrected chi connectivity index (χ1v) is 9.98. The molecule has 1 aliphatic carbocycles. The number of aromatic nitrogens is 2. The first kappa shape index (κ1) is 17.0. The van der Waals surface area contributed by atoms with Crippen LogP contribution in [0.15, 0.2) is 53.8 Å². The Labute approximate surface area is 156 Å². The van der Waals surface area contributed by atoms with Gasteiger partial charge < -0.3 is 0 Å². The summed E-state index contributed by atoms with van der Waals surface area (Å²) in [6.45, 7) is 0. The summed E-state index contributed by atoms with van der Waals surface area (Å²) < 4.78 is 27.6. The van der Waals surface area contributed by atoms with Gasteiger partial charge in [-0.1, -0.05) is 17.7 Å². The molecule has 26 heavy (non-hydrogen) atoms. The van der Waals surface area contributed by atoms with Crippen LogP contribution in [0.5, 0.6) is 0 Å². The van der Waals surface area contributed by atoms with Crippen LogP contribution in [0.4, 0.5) is 0 Å². The number of rotatable bonds is 3. The zero-order valence-corrected chi connectivity index (χ0v) is 15.3. The van der Waals surface area contributed by atoms with Gasteiger partial charge in [0.15, 0.2) is 6.29 Å². The second-order valence-corrected chi connectivity index (χ2v) is 8.43. The van der Waals surface area contributed by atoms with Gasteiger partial charge in [0.05, 0.1) is 5.69 Å². The summed E-state index contributed by atoms with van der Waals surface area (Å²) in [4.78, 5) is 15.6. The van der Waals surface area contributed by atoms with Gasteiger partial charge in [-0.3, -0.25) is 9.78 Å². The molecular formula is C19H15ClN2O3S. The average Bonchev–Trinajstić information content (AvgIpc) is 2.92. The van der Waals surface area contributed by atoms with Crippen LogP contribution in [0.2, 0.25) is 5.02 Å². The van der Waals surface area contributed by atoms with Crippen molar-refractivity contribution < 1.29 is 13.2 Å². The van der Waals surface area contributed by atoms with E-state index in [1.807, 2.05) is 12.1 Å². The second-order valence-electron chi connectivity index (χ2n) is 6.17. The third-order valence-corrected chi connectivity index (χ3v) is 6.50. The van der Waals surface area contributed by atoms with Crippen LogP contribution in [0.25, 0.3) is 11.3 Å². The van der Waals surface area contributed by atoms with Crippen molar-refractivity contribution in [3.8, 4) is 11.3 Å². The van der Waals surface area contributed by atoms with Crippen molar-refractivity contribution in [2.24, 2.45) is 0 Å². The van der Waals surface area contributed by atoms with Crippen molar-refractivity contribution in [3.05, 3.63) is 70.6 Å². The molecule has 1 aliphatic rings. The minimum atomic E-state index is -3.88. The third-order valence-electron chi connectivity index (χ3n) is 4.62. The first-order chi connectivity index (χ1) is 12.5. The van der Waals surface area contributed by atoms with E-state index >= 15 is 0 Å². The van der Waals surface area contributed by atoms with Crippen LogP contribution in [0.1, 0.15) is 27.9 Å². The van der Waals surface area contributed by atoms with Crippen molar-refractivity contribution in [2.75, 3.05) is 0 Å². The van der Waals surface area contributed by atoms with E-state index in [1.54, 1.807) is 12.1 Å². The minimum Gasteiger partial charge on any atom is -0.298 e. The van der Waals surface area contributed by atoms with E-state index in [9.17, 15) is 13.2 Å². The van der Waals surface area contributed by atoms with Crippen molar-refractivity contribution in [1.82, 2.24) is 8.96 Å². The minimum absolute atomic E-state index is 0.0787. The highest BCUT2D eigenvalue weighted by atomic mass is 35.5. The molecule has 5 nitrogen and oxygen atoms in total. The van der Waals surface area contributed by atoms with E-state index < -0.39 is 10.0 Å². The van der Waals surface area contributed by atoms with Crippen LogP contribution in [0.3, 0.4) is 0 Å². The molecule has 132 valence electrons. The molecule has 0 aliphatic heterocycles. The molecule has 0 saturated heterocycles. The van der Waals surface area contributed by atoms with E-state index in [-0.39, 0.29) is 4.90 Å². The maximum atomic E-state index is 13.2. The van der Waals surface area contributed by atoms with Crippen molar-refractivity contribution in [2.45, 2.75) is 24.2 Å². The normalized spacial score (nSPS) is 13.6. The Morgan fingerprint density at radius 2 is 2.04 bits per heavy atom. The fraction of sp³-hybridized carbons (Fsp3) is 0.158. The second kappa shape index (κ2) is 6.37. The van der Waals surface area contributed by atoms with Crippen molar-refractivity contribution >= 4 is 27.9 Å². The molecule has 0 bridgehead atoms. The van der Waals surface area contributed by atoms with Gasteiger partial charge in [0, 0.05) is 34.7 Å². The molecule has 0 unspecified atom stereocenters. The smallest absolute Gasteiger partial charge is 0.269 e. The van der Waals surface area contributed by atoms with Gasteiger partial charge in [-0.05, 0) is 54.7 Å². The van der Waals surface area contributed by atoms with Gasteiger partial charge in [0.2, 0.25) is 0 Å². The molecule has 3 aromatic rings. The number of halogens is 1. The lowest BCUT2D eigenvalue weighted by Crippen LogP contribution is -2.14. The Kier molecular flexibility index (Phi) is 4.17. The number of carbonyl (C=O) groups is 1. The van der Waals surface area contributed by atoms with Crippen LogP contribution in [0, 0.1) is 0 Å². The lowest BCUT2D eigenvalue weighted by atomic mass is 10.0. The Morgan fingerprint density at radius 3 is 2.77 bits per heavy atom. The fourth-order valence-corrected chi connectivity index (χ4v) is 5.01. The monoisotopic (exact) mass is 386 g/mol. The van der Waals surface area contributed by atoms with E-state index in [0.717, 1.165) is 35.8 Å². The van der Waals surface area contributed by atoms with Gasteiger partial charge in [0.25, 0.3) is 10.0 Å². The number of benzene rings is 1. The molecule has 7 heteroatoms. The Morgan fingerprint density at radius 1 is 1.19 bits per heavy atom. The average molecular weight is 387 g/mol. The molecule has 0 spiro atoms. The zero-order chi connectivity index (χ0) is 18.3. The Balaban J connectivity index is 2.04. The summed E-state index contributed by atoms with van der Waals surface area (Å²) in [5.74, 6) is 0. The van der Waals surface area contributed by atoms with Gasteiger partial charge in [-0.2, -0.15) is 0 Å². The SMILES string of the molecule is O=Cc1cn(S(=O)(=O)c2cccnc2)c2c1CCCc1cc(Cl)ccc1-2. The topological polar surface area (TPSA) is 69.0 Å². The summed E-state index contributed by atoms with van der Waals surface area (Å²) in [5, 5.41) is 0.607. The maximum Gasteiger partial charge on any atom is 0.269 e. The van der Waals surface area contributed by atoms with Crippen LogP contribution in [-0.2, 0) is 22.9 Å². The molecule has 4 rings (SSSR count). The number of hydrogen-bond donors (Lipinski definition) is 0. The quantitative estimate of drug-likeness (QED) is 0.643. The number of nitrogens with zero attached hydrogens (tertiary/aromatic N) is 2. The molecule has 0 N–H and O–H groups in total. The van der Waals surface area contributed by atoms with Gasteiger partial charge in [0.1, 0.15) is 4.90 Å².